The van der Waals surface area contributed by atoms with Gasteiger partial charge in [0.1, 0.15) is 0 Å². The summed E-state index contributed by atoms with van der Waals surface area (Å²) in [5.74, 6) is 0.972. The molecule has 2 aromatic carbocycles. The molecule has 0 unspecified atom stereocenters. The van der Waals surface area contributed by atoms with Crippen LogP contribution in [0.3, 0.4) is 0 Å². The van der Waals surface area contributed by atoms with Gasteiger partial charge in [-0.2, -0.15) is 0 Å². The number of rotatable bonds is 1. The summed E-state index contributed by atoms with van der Waals surface area (Å²) in [6.45, 7) is 1.30. The van der Waals surface area contributed by atoms with Gasteiger partial charge in [0.2, 0.25) is 0 Å². The van der Waals surface area contributed by atoms with E-state index >= 15 is 0 Å². The van der Waals surface area contributed by atoms with Crippen LogP contribution < -0.4 is 4.90 Å². The third-order valence-corrected chi connectivity index (χ3v) is 4.47. The Labute approximate surface area is 122 Å². The molecule has 0 N–H and O–H groups in total. The van der Waals surface area contributed by atoms with Gasteiger partial charge in [0.05, 0.1) is 0 Å². The van der Waals surface area contributed by atoms with Gasteiger partial charge in [-0.15, -0.1) is 0 Å². The summed E-state index contributed by atoms with van der Waals surface area (Å²) >= 11 is 0. The van der Waals surface area contributed by atoms with Crippen molar-refractivity contribution in [1.82, 2.24) is 0 Å². The number of para-hydroxylation sites is 1. The number of fused-ring (bicyclic) bond motifs is 3. The number of piperidine rings is 2. The molecule has 0 amide bonds. The van der Waals surface area contributed by atoms with Gasteiger partial charge in [-0.25, -0.2) is 0 Å². The molecule has 1 nitrogen and oxygen atoms in total. The minimum atomic E-state index is 0.836. The number of hydrogen-bond acceptors (Lipinski definition) is 1. The van der Waals surface area contributed by atoms with Crippen molar-refractivity contribution in [2.24, 2.45) is 5.92 Å². The molecule has 20 heavy (non-hydrogen) atoms. The third-order valence-electron chi connectivity index (χ3n) is 4.47. The van der Waals surface area contributed by atoms with Crippen molar-refractivity contribution in [2.75, 3.05) is 11.4 Å². The van der Waals surface area contributed by atoms with Crippen LogP contribution in [0.1, 0.15) is 25.7 Å². The molecule has 1 heteroatoms. The predicted molar refractivity (Wildman–Crippen MR) is 86.0 cm³/mol. The Bertz CT molecular complexity index is 459. The second kappa shape index (κ2) is 6.60. The van der Waals surface area contributed by atoms with Crippen molar-refractivity contribution < 1.29 is 0 Å². The second-order valence-corrected chi connectivity index (χ2v) is 5.82. The lowest BCUT2D eigenvalue weighted by molar-refractivity contribution is 0.252. The first-order chi connectivity index (χ1) is 9.93. The van der Waals surface area contributed by atoms with E-state index in [4.69, 9.17) is 0 Å². The number of benzene rings is 2. The molecule has 5 rings (SSSR count). The van der Waals surface area contributed by atoms with E-state index in [1.165, 1.54) is 37.9 Å². The van der Waals surface area contributed by atoms with Gasteiger partial charge in [0.25, 0.3) is 0 Å². The van der Waals surface area contributed by atoms with E-state index in [9.17, 15) is 0 Å². The fraction of sp³-hybridized carbons (Fsp3) is 0.368. The minimum absolute atomic E-state index is 0.836. The normalized spacial score (nSPS) is 23.9. The topological polar surface area (TPSA) is 3.24 Å². The van der Waals surface area contributed by atoms with Crippen LogP contribution in [0, 0.1) is 5.92 Å². The van der Waals surface area contributed by atoms with Crippen molar-refractivity contribution in [1.29, 1.82) is 0 Å². The van der Waals surface area contributed by atoms with Crippen LogP contribution in [-0.4, -0.2) is 12.6 Å². The van der Waals surface area contributed by atoms with Crippen molar-refractivity contribution in [3.63, 3.8) is 0 Å². The number of hydrogen-bond donors (Lipinski definition) is 0. The Kier molecular flexibility index (Phi) is 4.37. The SMILES string of the molecule is c1ccc(N2CC3CCC2CC3)cc1.c1ccccc1. The summed E-state index contributed by atoms with van der Waals surface area (Å²) < 4.78 is 0. The van der Waals surface area contributed by atoms with E-state index in [1.807, 2.05) is 36.4 Å². The summed E-state index contributed by atoms with van der Waals surface area (Å²) in [6.07, 6.45) is 5.77. The molecule has 0 aromatic heterocycles. The standard InChI is InChI=1S/C13H17N.C6H6/c1-2-4-12(5-3-1)14-10-11-6-8-13(14)9-7-11;1-2-4-6-5-3-1/h1-5,11,13H,6-10H2;1-6H. The lowest BCUT2D eigenvalue weighted by Gasteiger charge is -2.46. The van der Waals surface area contributed by atoms with E-state index in [-0.39, 0.29) is 0 Å². The van der Waals surface area contributed by atoms with Gasteiger partial charge in [0, 0.05) is 18.3 Å². The molecular weight excluding hydrogens is 242 g/mol. The van der Waals surface area contributed by atoms with E-state index in [2.05, 4.69) is 35.2 Å². The average molecular weight is 265 g/mol. The smallest absolute Gasteiger partial charge is 0.0368 e. The Balaban J connectivity index is 0.000000170. The molecule has 2 aliphatic heterocycles. The predicted octanol–water partition coefficient (Wildman–Crippen LogP) is 4.75. The van der Waals surface area contributed by atoms with Gasteiger partial charge in [-0.3, -0.25) is 0 Å². The van der Waals surface area contributed by atoms with Crippen LogP contribution in [-0.2, 0) is 0 Å². The molecule has 2 saturated heterocycles. The monoisotopic (exact) mass is 265 g/mol. The highest BCUT2D eigenvalue weighted by Crippen LogP contribution is 2.37. The van der Waals surface area contributed by atoms with Gasteiger partial charge in [-0.1, -0.05) is 54.6 Å². The molecule has 3 fully saturated rings. The molecule has 0 radical (unpaired) electrons. The van der Waals surface area contributed by atoms with Crippen molar-refractivity contribution in [3.05, 3.63) is 66.7 Å². The number of anilines is 1. The van der Waals surface area contributed by atoms with Gasteiger partial charge >= 0.3 is 0 Å². The van der Waals surface area contributed by atoms with Crippen molar-refractivity contribution in [2.45, 2.75) is 31.7 Å². The van der Waals surface area contributed by atoms with E-state index in [0.29, 0.717) is 0 Å². The highest BCUT2D eigenvalue weighted by atomic mass is 15.2. The molecule has 1 aliphatic carbocycles. The Hall–Kier alpha value is -1.76. The maximum Gasteiger partial charge on any atom is 0.0368 e. The summed E-state index contributed by atoms with van der Waals surface area (Å²) in [6, 6.07) is 23.7. The lowest BCUT2D eigenvalue weighted by atomic mass is 9.80. The number of nitrogens with zero attached hydrogens (tertiary/aromatic N) is 1. The molecular formula is C19H23N. The van der Waals surface area contributed by atoms with Crippen molar-refractivity contribution >= 4 is 5.69 Å². The molecule has 3 aliphatic rings. The van der Waals surface area contributed by atoms with E-state index < -0.39 is 0 Å². The summed E-state index contributed by atoms with van der Waals surface area (Å²) in [7, 11) is 0. The Morgan fingerprint density at radius 1 is 0.650 bits per heavy atom. The third kappa shape index (κ3) is 3.22. The lowest BCUT2D eigenvalue weighted by Crippen LogP contribution is -2.48. The Morgan fingerprint density at radius 2 is 1.15 bits per heavy atom. The Morgan fingerprint density at radius 3 is 1.60 bits per heavy atom. The zero-order valence-corrected chi connectivity index (χ0v) is 12.0. The van der Waals surface area contributed by atoms with E-state index in [0.717, 1.165) is 12.0 Å². The molecule has 1 saturated carbocycles. The largest absolute Gasteiger partial charge is 0.368 e. The molecule has 104 valence electrons. The highest BCUT2D eigenvalue weighted by molar-refractivity contribution is 5.48. The first-order valence-electron chi connectivity index (χ1n) is 7.75. The highest BCUT2D eigenvalue weighted by Gasteiger charge is 2.33. The van der Waals surface area contributed by atoms with Crippen LogP contribution in [0.2, 0.25) is 0 Å². The maximum absolute atomic E-state index is 2.62. The fourth-order valence-corrected chi connectivity index (χ4v) is 3.39. The first kappa shape index (κ1) is 13.2. The molecule has 2 heterocycles. The van der Waals surface area contributed by atoms with Gasteiger partial charge in [0.15, 0.2) is 0 Å². The zero-order valence-electron chi connectivity index (χ0n) is 12.0. The summed E-state index contributed by atoms with van der Waals surface area (Å²) in [4.78, 5) is 2.62. The fourth-order valence-electron chi connectivity index (χ4n) is 3.39. The zero-order chi connectivity index (χ0) is 13.6. The molecule has 0 spiro atoms. The summed E-state index contributed by atoms with van der Waals surface area (Å²) in [5.41, 5.74) is 1.43. The molecule has 2 bridgehead atoms. The van der Waals surface area contributed by atoms with Gasteiger partial charge in [-0.05, 0) is 43.7 Å². The van der Waals surface area contributed by atoms with Crippen molar-refractivity contribution in [3.8, 4) is 0 Å². The van der Waals surface area contributed by atoms with E-state index in [1.54, 1.807) is 0 Å². The maximum atomic E-state index is 2.62. The van der Waals surface area contributed by atoms with Crippen LogP contribution in [0.25, 0.3) is 0 Å². The van der Waals surface area contributed by atoms with Gasteiger partial charge < -0.3 is 4.90 Å². The first-order valence-corrected chi connectivity index (χ1v) is 7.75. The second-order valence-electron chi connectivity index (χ2n) is 5.82. The molecule has 2 aromatic rings. The average Bonchev–Trinajstić information content (AvgIpc) is 2.59. The minimum Gasteiger partial charge on any atom is -0.368 e. The van der Waals surface area contributed by atoms with Crippen LogP contribution in [0.15, 0.2) is 66.7 Å². The van der Waals surface area contributed by atoms with Crippen LogP contribution in [0.5, 0.6) is 0 Å². The molecule has 0 atom stereocenters. The summed E-state index contributed by atoms with van der Waals surface area (Å²) in [5, 5.41) is 0. The van der Waals surface area contributed by atoms with Crippen LogP contribution >= 0.6 is 0 Å². The quantitative estimate of drug-likeness (QED) is 0.719. The van der Waals surface area contributed by atoms with Crippen LogP contribution in [0.4, 0.5) is 5.69 Å².